The third-order valence-electron chi connectivity index (χ3n) is 5.41. The smallest absolute Gasteiger partial charge is 0.221 e. The van der Waals surface area contributed by atoms with Gasteiger partial charge in [0.15, 0.2) is 0 Å². The summed E-state index contributed by atoms with van der Waals surface area (Å²) in [6.45, 7) is 1.33. The fourth-order valence-corrected chi connectivity index (χ4v) is 4.02. The highest BCUT2D eigenvalue weighted by atomic mass is 16.5. The van der Waals surface area contributed by atoms with Gasteiger partial charge in [0.25, 0.3) is 0 Å². The Morgan fingerprint density at radius 3 is 2.78 bits per heavy atom. The van der Waals surface area contributed by atoms with Crippen molar-refractivity contribution in [3.63, 3.8) is 0 Å². The van der Waals surface area contributed by atoms with Gasteiger partial charge < -0.3 is 15.8 Å². The number of benzene rings is 1. The maximum absolute atomic E-state index is 12.7. The van der Waals surface area contributed by atoms with Crippen LogP contribution in [-0.4, -0.2) is 19.1 Å². The van der Waals surface area contributed by atoms with Gasteiger partial charge in [-0.05, 0) is 43.7 Å². The predicted octanol–water partition coefficient (Wildman–Crippen LogP) is 3.32. The van der Waals surface area contributed by atoms with Gasteiger partial charge in [-0.2, -0.15) is 0 Å². The molecule has 1 aromatic carbocycles. The zero-order chi connectivity index (χ0) is 16.1. The number of nitrogens with two attached hydrogens (primary N) is 1. The lowest BCUT2D eigenvalue weighted by Gasteiger charge is -2.36. The van der Waals surface area contributed by atoms with E-state index < -0.39 is 0 Å². The molecule has 1 saturated carbocycles. The molecule has 1 atom stereocenters. The molecule has 1 aromatic rings. The molecule has 0 radical (unpaired) electrons. The third kappa shape index (κ3) is 3.86. The molecule has 0 bridgehead atoms. The van der Waals surface area contributed by atoms with E-state index in [2.05, 4.69) is 11.4 Å². The SMILES string of the molecule is NCC1(CC(=O)NC2CCCOc3ccccc32)CCCCC1. The summed E-state index contributed by atoms with van der Waals surface area (Å²) in [5.74, 6) is 1.04. The first kappa shape index (κ1) is 16.3. The van der Waals surface area contributed by atoms with Crippen molar-refractivity contribution in [2.45, 2.75) is 57.4 Å². The number of fused-ring (bicyclic) bond motifs is 1. The van der Waals surface area contributed by atoms with Crippen LogP contribution < -0.4 is 15.8 Å². The molecule has 23 heavy (non-hydrogen) atoms. The Hall–Kier alpha value is -1.55. The van der Waals surface area contributed by atoms with Crippen LogP contribution in [-0.2, 0) is 4.79 Å². The number of hydrogen-bond donors (Lipinski definition) is 2. The van der Waals surface area contributed by atoms with E-state index in [1.165, 1.54) is 19.3 Å². The molecule has 3 rings (SSSR count). The van der Waals surface area contributed by atoms with Crippen molar-refractivity contribution < 1.29 is 9.53 Å². The molecule has 1 amide bonds. The molecule has 4 nitrogen and oxygen atoms in total. The number of nitrogens with one attached hydrogen (secondary N) is 1. The number of rotatable bonds is 4. The van der Waals surface area contributed by atoms with Crippen LogP contribution in [0.15, 0.2) is 24.3 Å². The predicted molar refractivity (Wildman–Crippen MR) is 91.2 cm³/mol. The highest BCUT2D eigenvalue weighted by Crippen LogP contribution is 2.39. The van der Waals surface area contributed by atoms with Crippen molar-refractivity contribution in [3.8, 4) is 5.75 Å². The van der Waals surface area contributed by atoms with E-state index in [1.807, 2.05) is 18.2 Å². The first-order chi connectivity index (χ1) is 11.2. The van der Waals surface area contributed by atoms with Gasteiger partial charge in [0.2, 0.25) is 5.91 Å². The van der Waals surface area contributed by atoms with E-state index in [0.717, 1.165) is 43.6 Å². The molecule has 0 spiro atoms. The highest BCUT2D eigenvalue weighted by molar-refractivity contribution is 5.77. The summed E-state index contributed by atoms with van der Waals surface area (Å²) in [6, 6.07) is 8.09. The lowest BCUT2D eigenvalue weighted by atomic mass is 9.71. The van der Waals surface area contributed by atoms with E-state index in [4.69, 9.17) is 10.5 Å². The summed E-state index contributed by atoms with van der Waals surface area (Å²) in [5.41, 5.74) is 7.14. The molecule has 1 unspecified atom stereocenters. The fraction of sp³-hybridized carbons (Fsp3) is 0.632. The van der Waals surface area contributed by atoms with E-state index >= 15 is 0 Å². The Bertz CT molecular complexity index is 538. The van der Waals surface area contributed by atoms with Gasteiger partial charge in [-0.15, -0.1) is 0 Å². The summed E-state index contributed by atoms with van der Waals surface area (Å²) in [4.78, 5) is 12.7. The molecule has 0 aromatic heterocycles. The Morgan fingerprint density at radius 1 is 1.22 bits per heavy atom. The number of ether oxygens (including phenoxy) is 1. The first-order valence-electron chi connectivity index (χ1n) is 8.94. The lowest BCUT2D eigenvalue weighted by Crippen LogP contribution is -2.39. The normalized spacial score (nSPS) is 23.3. The van der Waals surface area contributed by atoms with Crippen LogP contribution in [0.2, 0.25) is 0 Å². The summed E-state index contributed by atoms with van der Waals surface area (Å²) in [5, 5.41) is 3.25. The lowest BCUT2D eigenvalue weighted by molar-refractivity contribution is -0.124. The second kappa shape index (κ2) is 7.35. The average molecular weight is 316 g/mol. The molecule has 1 aliphatic carbocycles. The first-order valence-corrected chi connectivity index (χ1v) is 8.94. The average Bonchev–Trinajstić information content (AvgIpc) is 2.78. The van der Waals surface area contributed by atoms with Crippen LogP contribution in [0.1, 0.15) is 63.0 Å². The topological polar surface area (TPSA) is 64.4 Å². The van der Waals surface area contributed by atoms with Gasteiger partial charge in [-0.1, -0.05) is 37.5 Å². The number of hydrogen-bond acceptors (Lipinski definition) is 3. The van der Waals surface area contributed by atoms with Crippen LogP contribution in [0.25, 0.3) is 0 Å². The maximum Gasteiger partial charge on any atom is 0.221 e. The standard InChI is InChI=1S/C19H28N2O2/c20-14-19(10-4-1-5-11-19)13-18(22)21-16-8-6-12-23-17-9-3-2-7-15(16)17/h2-3,7,9,16H,1,4-6,8,10-14,20H2,(H,21,22). The van der Waals surface area contributed by atoms with Gasteiger partial charge >= 0.3 is 0 Å². The summed E-state index contributed by atoms with van der Waals surface area (Å²) >= 11 is 0. The minimum atomic E-state index is 0.0169. The Labute approximate surface area is 138 Å². The molecule has 0 saturated heterocycles. The molecule has 126 valence electrons. The summed E-state index contributed by atoms with van der Waals surface area (Å²) in [7, 11) is 0. The number of para-hydroxylation sites is 1. The van der Waals surface area contributed by atoms with Crippen LogP contribution in [0, 0.1) is 5.41 Å². The van der Waals surface area contributed by atoms with Crippen molar-refractivity contribution in [1.29, 1.82) is 0 Å². The second-order valence-electron chi connectivity index (χ2n) is 7.09. The van der Waals surface area contributed by atoms with Crippen molar-refractivity contribution in [2.75, 3.05) is 13.2 Å². The summed E-state index contributed by atoms with van der Waals surface area (Å²) in [6.07, 6.45) is 8.29. The molecular weight excluding hydrogens is 288 g/mol. The van der Waals surface area contributed by atoms with Crippen molar-refractivity contribution in [2.24, 2.45) is 11.1 Å². The largest absolute Gasteiger partial charge is 0.493 e. The molecule has 1 fully saturated rings. The molecule has 4 heteroatoms. The maximum atomic E-state index is 12.7. The molecule has 1 aliphatic heterocycles. The van der Waals surface area contributed by atoms with Crippen LogP contribution in [0.5, 0.6) is 5.75 Å². The van der Waals surface area contributed by atoms with E-state index in [1.54, 1.807) is 0 Å². The Morgan fingerprint density at radius 2 is 2.00 bits per heavy atom. The zero-order valence-corrected chi connectivity index (χ0v) is 13.9. The monoisotopic (exact) mass is 316 g/mol. The molecule has 1 heterocycles. The van der Waals surface area contributed by atoms with Crippen LogP contribution in [0.4, 0.5) is 0 Å². The van der Waals surface area contributed by atoms with Gasteiger partial charge in [-0.3, -0.25) is 4.79 Å². The van der Waals surface area contributed by atoms with E-state index in [9.17, 15) is 4.79 Å². The number of carbonyl (C=O) groups excluding carboxylic acids is 1. The van der Waals surface area contributed by atoms with Crippen molar-refractivity contribution >= 4 is 5.91 Å². The van der Waals surface area contributed by atoms with Gasteiger partial charge in [0.1, 0.15) is 5.75 Å². The quantitative estimate of drug-likeness (QED) is 0.895. The van der Waals surface area contributed by atoms with E-state index in [-0.39, 0.29) is 17.4 Å². The van der Waals surface area contributed by atoms with Gasteiger partial charge in [-0.25, -0.2) is 0 Å². The van der Waals surface area contributed by atoms with Gasteiger partial charge in [0.05, 0.1) is 12.6 Å². The minimum absolute atomic E-state index is 0.0169. The third-order valence-corrected chi connectivity index (χ3v) is 5.41. The second-order valence-corrected chi connectivity index (χ2v) is 7.09. The highest BCUT2D eigenvalue weighted by Gasteiger charge is 2.33. The number of carbonyl (C=O) groups is 1. The summed E-state index contributed by atoms with van der Waals surface area (Å²) < 4.78 is 5.78. The number of amides is 1. The molecular formula is C19H28N2O2. The Kier molecular flexibility index (Phi) is 5.21. The van der Waals surface area contributed by atoms with Crippen molar-refractivity contribution in [3.05, 3.63) is 29.8 Å². The van der Waals surface area contributed by atoms with Crippen LogP contribution in [0.3, 0.4) is 0 Å². The van der Waals surface area contributed by atoms with E-state index in [0.29, 0.717) is 13.0 Å². The van der Waals surface area contributed by atoms with Crippen LogP contribution >= 0.6 is 0 Å². The zero-order valence-electron chi connectivity index (χ0n) is 13.9. The van der Waals surface area contributed by atoms with Crippen molar-refractivity contribution in [1.82, 2.24) is 5.32 Å². The fourth-order valence-electron chi connectivity index (χ4n) is 4.02. The van der Waals surface area contributed by atoms with Gasteiger partial charge in [0, 0.05) is 12.0 Å². The molecule has 3 N–H and O–H groups in total. The Balaban J connectivity index is 1.67. The molecule has 2 aliphatic rings. The minimum Gasteiger partial charge on any atom is -0.493 e.